The normalized spacial score (nSPS) is 19.2. The van der Waals surface area contributed by atoms with Crippen LogP contribution < -0.4 is 5.32 Å². The highest BCUT2D eigenvalue weighted by Crippen LogP contribution is 2.28. The number of hydrogen-bond donors (Lipinski definition) is 1. The predicted octanol–water partition coefficient (Wildman–Crippen LogP) is 3.00. The van der Waals surface area contributed by atoms with Crippen molar-refractivity contribution in [2.75, 3.05) is 26.2 Å². The number of benzene rings is 1. The lowest BCUT2D eigenvalue weighted by Gasteiger charge is -2.34. The van der Waals surface area contributed by atoms with E-state index in [1.807, 2.05) is 0 Å². The zero-order chi connectivity index (χ0) is 12.3. The Morgan fingerprint density at radius 2 is 2.06 bits per heavy atom. The van der Waals surface area contributed by atoms with Crippen LogP contribution in [0.1, 0.15) is 30.5 Å². The second-order valence-corrected chi connectivity index (χ2v) is 5.13. The van der Waals surface area contributed by atoms with Gasteiger partial charge in [0.25, 0.3) is 0 Å². The molecule has 0 aromatic heterocycles. The molecule has 0 amide bonds. The van der Waals surface area contributed by atoms with Gasteiger partial charge in [-0.15, -0.1) is 0 Å². The average Bonchev–Trinajstić information content (AvgIpc) is 2.36. The van der Waals surface area contributed by atoms with Crippen LogP contribution in [0.2, 0.25) is 5.02 Å². The second kappa shape index (κ2) is 5.85. The van der Waals surface area contributed by atoms with E-state index in [4.69, 9.17) is 11.6 Å². The van der Waals surface area contributed by atoms with Gasteiger partial charge in [-0.3, -0.25) is 4.90 Å². The molecule has 2 rings (SSSR count). The van der Waals surface area contributed by atoms with Crippen molar-refractivity contribution in [1.82, 2.24) is 10.2 Å². The number of hydrogen-bond acceptors (Lipinski definition) is 2. The predicted molar refractivity (Wildman–Crippen MR) is 73.7 cm³/mol. The summed E-state index contributed by atoms with van der Waals surface area (Å²) in [6, 6.07) is 6.99. The zero-order valence-corrected chi connectivity index (χ0v) is 11.4. The van der Waals surface area contributed by atoms with E-state index in [1.54, 1.807) is 0 Å². The molecule has 0 saturated carbocycles. The van der Waals surface area contributed by atoms with Crippen LogP contribution in [0.15, 0.2) is 18.2 Å². The highest BCUT2D eigenvalue weighted by Gasteiger charge is 2.20. The Morgan fingerprint density at radius 3 is 2.65 bits per heavy atom. The van der Waals surface area contributed by atoms with Crippen LogP contribution in [-0.2, 0) is 0 Å². The van der Waals surface area contributed by atoms with E-state index < -0.39 is 0 Å². The minimum atomic E-state index is 0.509. The molecule has 1 aromatic carbocycles. The summed E-state index contributed by atoms with van der Waals surface area (Å²) in [7, 11) is 0. The molecule has 3 heteroatoms. The number of nitrogens with one attached hydrogen (secondary N) is 1. The van der Waals surface area contributed by atoms with Crippen molar-refractivity contribution in [3.05, 3.63) is 34.3 Å². The van der Waals surface area contributed by atoms with Crippen molar-refractivity contribution in [2.24, 2.45) is 0 Å². The maximum absolute atomic E-state index is 6.22. The molecule has 0 spiro atoms. The Morgan fingerprint density at radius 1 is 1.35 bits per heavy atom. The molecule has 0 bridgehead atoms. The van der Waals surface area contributed by atoms with Gasteiger partial charge in [0.05, 0.1) is 0 Å². The summed E-state index contributed by atoms with van der Waals surface area (Å²) in [5.74, 6) is 0. The molecule has 1 heterocycles. The molecule has 1 aliphatic heterocycles. The van der Waals surface area contributed by atoms with E-state index in [-0.39, 0.29) is 0 Å². The van der Waals surface area contributed by atoms with Crippen LogP contribution in [0.25, 0.3) is 0 Å². The van der Waals surface area contributed by atoms with Crippen molar-refractivity contribution >= 4 is 11.6 Å². The monoisotopic (exact) mass is 252 g/mol. The first-order valence-electron chi connectivity index (χ1n) is 6.43. The van der Waals surface area contributed by atoms with E-state index in [0.29, 0.717) is 6.04 Å². The van der Waals surface area contributed by atoms with Gasteiger partial charge in [0.15, 0.2) is 0 Å². The van der Waals surface area contributed by atoms with Crippen LogP contribution in [0.4, 0.5) is 0 Å². The van der Waals surface area contributed by atoms with E-state index in [0.717, 1.165) is 43.2 Å². The number of piperazine rings is 1. The summed E-state index contributed by atoms with van der Waals surface area (Å²) in [6.45, 7) is 8.75. The molecule has 1 N–H and O–H groups in total. The van der Waals surface area contributed by atoms with Gasteiger partial charge in [-0.25, -0.2) is 0 Å². The van der Waals surface area contributed by atoms with Gasteiger partial charge in [-0.05, 0) is 30.5 Å². The van der Waals surface area contributed by atoms with E-state index >= 15 is 0 Å². The molecule has 17 heavy (non-hydrogen) atoms. The van der Waals surface area contributed by atoms with Crippen LogP contribution in [0.5, 0.6) is 0 Å². The first-order valence-corrected chi connectivity index (χ1v) is 6.81. The molecule has 2 nitrogen and oxygen atoms in total. The maximum Gasteiger partial charge on any atom is 0.0438 e. The Labute approximate surface area is 109 Å². The fourth-order valence-electron chi connectivity index (χ4n) is 2.51. The highest BCUT2D eigenvalue weighted by molar-refractivity contribution is 6.31. The van der Waals surface area contributed by atoms with E-state index in [2.05, 4.69) is 42.3 Å². The van der Waals surface area contributed by atoms with E-state index in [1.165, 1.54) is 5.56 Å². The number of aryl methyl sites for hydroxylation is 1. The van der Waals surface area contributed by atoms with Gasteiger partial charge in [0.1, 0.15) is 0 Å². The zero-order valence-electron chi connectivity index (χ0n) is 10.7. The van der Waals surface area contributed by atoms with Crippen LogP contribution in [-0.4, -0.2) is 31.1 Å². The van der Waals surface area contributed by atoms with Crippen LogP contribution in [0.3, 0.4) is 0 Å². The Hall–Kier alpha value is -0.570. The van der Waals surface area contributed by atoms with Gasteiger partial charge in [-0.2, -0.15) is 0 Å². The summed E-state index contributed by atoms with van der Waals surface area (Å²) < 4.78 is 0. The minimum absolute atomic E-state index is 0.509. The molecule has 1 aliphatic rings. The fraction of sp³-hybridized carbons (Fsp3) is 0.571. The largest absolute Gasteiger partial charge is 0.314 e. The molecule has 1 fully saturated rings. The minimum Gasteiger partial charge on any atom is -0.314 e. The number of halogens is 1. The molecule has 1 atom stereocenters. The van der Waals surface area contributed by atoms with Crippen molar-refractivity contribution < 1.29 is 0 Å². The lowest BCUT2D eigenvalue weighted by atomic mass is 10.0. The number of rotatable bonds is 3. The van der Waals surface area contributed by atoms with Crippen LogP contribution >= 0.6 is 11.6 Å². The highest BCUT2D eigenvalue weighted by atomic mass is 35.5. The van der Waals surface area contributed by atoms with Crippen molar-refractivity contribution in [1.29, 1.82) is 0 Å². The quantitative estimate of drug-likeness (QED) is 0.890. The van der Waals surface area contributed by atoms with Crippen molar-refractivity contribution in [2.45, 2.75) is 26.3 Å². The topological polar surface area (TPSA) is 15.3 Å². The molecule has 1 aromatic rings. The van der Waals surface area contributed by atoms with Gasteiger partial charge in [0.2, 0.25) is 0 Å². The summed E-state index contributed by atoms with van der Waals surface area (Å²) in [6.07, 6.45) is 1.14. The van der Waals surface area contributed by atoms with Crippen molar-refractivity contribution in [3.8, 4) is 0 Å². The summed E-state index contributed by atoms with van der Waals surface area (Å²) in [5, 5.41) is 4.28. The molecular formula is C14H21ClN2. The third-order valence-corrected chi connectivity index (χ3v) is 3.97. The van der Waals surface area contributed by atoms with Crippen molar-refractivity contribution in [3.63, 3.8) is 0 Å². The Kier molecular flexibility index (Phi) is 4.43. The Bertz CT molecular complexity index is 372. The number of nitrogens with zero attached hydrogens (tertiary/aromatic N) is 1. The van der Waals surface area contributed by atoms with E-state index in [9.17, 15) is 0 Å². The SMILES string of the molecule is CC[C@@H](c1ccc(C)c(Cl)c1)N1CCNCC1. The third-order valence-electron chi connectivity index (χ3n) is 3.56. The second-order valence-electron chi connectivity index (χ2n) is 4.72. The lowest BCUT2D eigenvalue weighted by molar-refractivity contribution is 0.169. The standard InChI is InChI=1S/C14H21ClN2/c1-3-14(17-8-6-16-7-9-17)12-5-4-11(2)13(15)10-12/h4-5,10,14,16H,3,6-9H2,1-2H3/t14-/m0/s1. The van der Waals surface area contributed by atoms with Gasteiger partial charge >= 0.3 is 0 Å². The van der Waals surface area contributed by atoms with Gasteiger partial charge in [-0.1, -0.05) is 30.7 Å². The first-order chi connectivity index (χ1) is 8.22. The molecule has 94 valence electrons. The fourth-order valence-corrected chi connectivity index (χ4v) is 2.70. The van der Waals surface area contributed by atoms with Crippen LogP contribution in [0, 0.1) is 6.92 Å². The summed E-state index contributed by atoms with van der Waals surface area (Å²) in [4.78, 5) is 2.55. The van der Waals surface area contributed by atoms with Gasteiger partial charge in [0, 0.05) is 37.2 Å². The molecule has 0 unspecified atom stereocenters. The molecule has 0 radical (unpaired) electrons. The average molecular weight is 253 g/mol. The maximum atomic E-state index is 6.22. The summed E-state index contributed by atoms with van der Waals surface area (Å²) in [5.41, 5.74) is 2.51. The first kappa shape index (κ1) is 12.9. The van der Waals surface area contributed by atoms with Gasteiger partial charge < -0.3 is 5.32 Å². The third kappa shape index (κ3) is 3.01. The Balaban J connectivity index is 2.18. The molecule has 1 saturated heterocycles. The molecular weight excluding hydrogens is 232 g/mol. The summed E-state index contributed by atoms with van der Waals surface area (Å²) >= 11 is 6.22. The molecule has 0 aliphatic carbocycles. The lowest BCUT2D eigenvalue weighted by Crippen LogP contribution is -2.45. The smallest absolute Gasteiger partial charge is 0.0438 e.